The van der Waals surface area contributed by atoms with Crippen LogP contribution in [-0.2, 0) is 15.1 Å². The largest absolute Gasteiger partial charge is 0.508 e. The molecule has 172 valence electrons. The van der Waals surface area contributed by atoms with Crippen molar-refractivity contribution in [2.45, 2.75) is 45.6 Å². The number of phenolic OH excluding ortho intramolecular Hbond substituents is 1. The lowest BCUT2D eigenvalue weighted by atomic mass is 9.90. The highest BCUT2D eigenvalue weighted by Gasteiger charge is 2.25. The monoisotopic (exact) mass is 444 g/mol. The lowest BCUT2D eigenvalue weighted by Crippen LogP contribution is -2.28. The van der Waals surface area contributed by atoms with Crippen molar-refractivity contribution in [2.24, 2.45) is 0 Å². The molecule has 0 aliphatic rings. The van der Waals surface area contributed by atoms with E-state index >= 15 is 0 Å². The van der Waals surface area contributed by atoms with Gasteiger partial charge in [0, 0.05) is 0 Å². The van der Waals surface area contributed by atoms with Crippen molar-refractivity contribution in [2.75, 3.05) is 6.61 Å². The number of esters is 1. The van der Waals surface area contributed by atoms with Gasteiger partial charge in [-0.2, -0.15) is 0 Å². The second-order valence-corrected chi connectivity index (χ2v) is 8.67. The fourth-order valence-electron chi connectivity index (χ4n) is 3.77. The van der Waals surface area contributed by atoms with Crippen LogP contribution in [0.2, 0.25) is 0 Å². The molecule has 0 saturated carbocycles. The summed E-state index contributed by atoms with van der Waals surface area (Å²) in [6, 6.07) is 24.8. The van der Waals surface area contributed by atoms with Crippen LogP contribution in [0.4, 0.5) is 0 Å². The van der Waals surface area contributed by atoms with Crippen molar-refractivity contribution < 1.29 is 19.4 Å². The van der Waals surface area contributed by atoms with E-state index in [9.17, 15) is 9.90 Å². The van der Waals surface area contributed by atoms with Gasteiger partial charge in [-0.1, -0.05) is 67.6 Å². The van der Waals surface area contributed by atoms with Gasteiger partial charge in [0.2, 0.25) is 0 Å². The van der Waals surface area contributed by atoms with Crippen LogP contribution in [0.25, 0.3) is 5.57 Å². The molecule has 1 N–H and O–H groups in total. The minimum Gasteiger partial charge on any atom is -0.508 e. The number of hydrogen-bond acceptors (Lipinski definition) is 4. The molecule has 0 heterocycles. The third-order valence-electron chi connectivity index (χ3n) is 5.76. The summed E-state index contributed by atoms with van der Waals surface area (Å²) < 4.78 is 11.3. The molecule has 0 radical (unpaired) electrons. The van der Waals surface area contributed by atoms with Gasteiger partial charge < -0.3 is 14.6 Å². The first-order valence-corrected chi connectivity index (χ1v) is 11.2. The lowest BCUT2D eigenvalue weighted by molar-refractivity contribution is -0.159. The number of hydrogen-bond donors (Lipinski definition) is 1. The van der Waals surface area contributed by atoms with Gasteiger partial charge in [-0.3, -0.25) is 0 Å². The molecule has 1 atom stereocenters. The van der Waals surface area contributed by atoms with E-state index in [0.717, 1.165) is 17.5 Å². The molecule has 4 heteroatoms. The Morgan fingerprint density at radius 1 is 0.970 bits per heavy atom. The average molecular weight is 445 g/mol. The van der Waals surface area contributed by atoms with Crippen molar-refractivity contribution >= 4 is 11.5 Å². The molecule has 0 aromatic heterocycles. The number of ether oxygens (including phenoxy) is 2. The molecule has 0 amide bonds. The third kappa shape index (κ3) is 6.72. The summed E-state index contributed by atoms with van der Waals surface area (Å²) in [5.41, 5.74) is 3.74. The molecule has 0 fully saturated rings. The van der Waals surface area contributed by atoms with Crippen LogP contribution in [0.3, 0.4) is 0 Å². The maximum Gasteiger partial charge on any atom is 0.345 e. The Kier molecular flexibility index (Phi) is 7.94. The third-order valence-corrected chi connectivity index (χ3v) is 5.76. The number of allylic oxidation sites excluding steroid dienone is 2. The topological polar surface area (TPSA) is 55.8 Å². The van der Waals surface area contributed by atoms with Gasteiger partial charge in [-0.05, 0) is 79.6 Å². The zero-order valence-corrected chi connectivity index (χ0v) is 19.7. The zero-order valence-electron chi connectivity index (χ0n) is 19.7. The fraction of sp³-hybridized carbons (Fsp3) is 0.276. The summed E-state index contributed by atoms with van der Waals surface area (Å²) in [6.07, 6.45) is 2.99. The number of rotatable bonds is 9. The van der Waals surface area contributed by atoms with E-state index in [1.807, 2.05) is 87.5 Å². The van der Waals surface area contributed by atoms with E-state index < -0.39 is 11.6 Å². The molecule has 3 aromatic carbocycles. The van der Waals surface area contributed by atoms with Crippen molar-refractivity contribution in [3.8, 4) is 11.5 Å². The van der Waals surface area contributed by atoms with Crippen molar-refractivity contribution in [1.82, 2.24) is 0 Å². The standard InChI is InChI=1S/C29H32O4/c1-5-22(24-11-15-26(30)16-12-24)19-21(2)23-13-17-27(18-14-23)32-20-28(31)33-29(3,4)25-9-7-6-8-10-25/h5-18,21,30H,19-20H2,1-4H3. The fourth-order valence-corrected chi connectivity index (χ4v) is 3.77. The minimum atomic E-state index is -0.719. The smallest absolute Gasteiger partial charge is 0.345 e. The van der Waals surface area contributed by atoms with Crippen LogP contribution in [0.5, 0.6) is 11.5 Å². The van der Waals surface area contributed by atoms with Gasteiger partial charge in [0.25, 0.3) is 0 Å². The van der Waals surface area contributed by atoms with Gasteiger partial charge >= 0.3 is 5.97 Å². The lowest BCUT2D eigenvalue weighted by Gasteiger charge is -2.25. The molecule has 0 aliphatic carbocycles. The summed E-state index contributed by atoms with van der Waals surface area (Å²) in [4.78, 5) is 12.3. The molecule has 0 bridgehead atoms. The maximum atomic E-state index is 12.3. The first kappa shape index (κ1) is 24.1. The first-order chi connectivity index (χ1) is 15.8. The SMILES string of the molecule is CC=C(CC(C)c1ccc(OCC(=O)OC(C)(C)c2ccccc2)cc1)c1ccc(O)cc1. The molecule has 1 unspecified atom stereocenters. The van der Waals surface area contributed by atoms with Crippen molar-refractivity contribution in [1.29, 1.82) is 0 Å². The molecule has 33 heavy (non-hydrogen) atoms. The van der Waals surface area contributed by atoms with Crippen LogP contribution in [0.1, 0.15) is 56.7 Å². The molecule has 3 rings (SSSR count). The van der Waals surface area contributed by atoms with E-state index in [1.165, 1.54) is 11.1 Å². The molecular formula is C29H32O4. The highest BCUT2D eigenvalue weighted by atomic mass is 16.6. The summed E-state index contributed by atoms with van der Waals surface area (Å²) in [6.45, 7) is 7.81. The number of carbonyl (C=O) groups excluding carboxylic acids is 1. The Morgan fingerprint density at radius 3 is 2.21 bits per heavy atom. The molecule has 4 nitrogen and oxygen atoms in total. The quantitative estimate of drug-likeness (QED) is 0.367. The van der Waals surface area contributed by atoms with Gasteiger partial charge in [0.05, 0.1) is 0 Å². The zero-order chi connectivity index (χ0) is 23.8. The van der Waals surface area contributed by atoms with Crippen LogP contribution < -0.4 is 4.74 Å². The highest BCUT2D eigenvalue weighted by Crippen LogP contribution is 2.30. The minimum absolute atomic E-state index is 0.144. The van der Waals surface area contributed by atoms with Crippen LogP contribution >= 0.6 is 0 Å². The molecule has 0 saturated heterocycles. The Bertz CT molecular complexity index is 1060. The summed E-state index contributed by atoms with van der Waals surface area (Å²) in [5, 5.41) is 9.52. The van der Waals surface area contributed by atoms with Crippen molar-refractivity contribution in [3.63, 3.8) is 0 Å². The van der Waals surface area contributed by atoms with Gasteiger partial charge in [0.15, 0.2) is 6.61 Å². The van der Waals surface area contributed by atoms with E-state index in [1.54, 1.807) is 12.1 Å². The van der Waals surface area contributed by atoms with Crippen LogP contribution in [0.15, 0.2) is 84.9 Å². The van der Waals surface area contributed by atoms with Gasteiger partial charge in [0.1, 0.15) is 17.1 Å². The predicted octanol–water partition coefficient (Wildman–Crippen LogP) is 6.85. The Balaban J connectivity index is 1.54. The van der Waals surface area contributed by atoms with Gasteiger partial charge in [-0.25, -0.2) is 4.79 Å². The van der Waals surface area contributed by atoms with E-state index in [-0.39, 0.29) is 12.4 Å². The maximum absolute atomic E-state index is 12.3. The van der Waals surface area contributed by atoms with Crippen molar-refractivity contribution in [3.05, 3.63) is 102 Å². The van der Waals surface area contributed by atoms with E-state index in [4.69, 9.17) is 9.47 Å². The molecule has 0 aliphatic heterocycles. The van der Waals surface area contributed by atoms with Crippen LogP contribution in [-0.4, -0.2) is 17.7 Å². The number of aromatic hydroxyl groups is 1. The molecule has 3 aromatic rings. The second-order valence-electron chi connectivity index (χ2n) is 8.67. The Morgan fingerprint density at radius 2 is 1.61 bits per heavy atom. The second kappa shape index (κ2) is 10.9. The van der Waals surface area contributed by atoms with Crippen LogP contribution in [0, 0.1) is 0 Å². The summed E-state index contributed by atoms with van der Waals surface area (Å²) in [5.74, 6) is 0.791. The predicted molar refractivity (Wildman–Crippen MR) is 132 cm³/mol. The van der Waals surface area contributed by atoms with Gasteiger partial charge in [-0.15, -0.1) is 0 Å². The number of carbonyl (C=O) groups is 1. The first-order valence-electron chi connectivity index (χ1n) is 11.2. The van der Waals surface area contributed by atoms with E-state index in [2.05, 4.69) is 13.0 Å². The summed E-state index contributed by atoms with van der Waals surface area (Å²) >= 11 is 0. The van der Waals surface area contributed by atoms with E-state index in [0.29, 0.717) is 11.7 Å². The molecule has 0 spiro atoms. The normalized spacial score (nSPS) is 12.8. The Labute approximate surface area is 196 Å². The highest BCUT2D eigenvalue weighted by molar-refractivity contribution is 5.72. The number of benzene rings is 3. The Hall–Kier alpha value is -3.53. The molecular weight excluding hydrogens is 412 g/mol. The summed E-state index contributed by atoms with van der Waals surface area (Å²) in [7, 11) is 0. The average Bonchev–Trinajstić information content (AvgIpc) is 2.82. The number of phenols is 1.